The van der Waals surface area contributed by atoms with Crippen LogP contribution in [0.4, 0.5) is 5.69 Å². The Balaban J connectivity index is 2.09. The summed E-state index contributed by atoms with van der Waals surface area (Å²) in [4.78, 5) is 24.6. The predicted molar refractivity (Wildman–Crippen MR) is 111 cm³/mol. The van der Waals surface area contributed by atoms with Crippen LogP contribution in [-0.2, 0) is 13.0 Å². The second kappa shape index (κ2) is 7.56. The number of aromatic nitrogens is 1. The molecule has 0 unspecified atom stereocenters. The molecular weight excluding hydrogens is 408 g/mol. The van der Waals surface area contributed by atoms with Crippen molar-refractivity contribution in [1.82, 2.24) is 4.57 Å². The minimum Gasteiger partial charge on any atom is -0.478 e. The average Bonchev–Trinajstić information content (AvgIpc) is 2.94. The van der Waals surface area contributed by atoms with Gasteiger partial charge in [-0.05, 0) is 61.7 Å². The number of carboxylic acid groups (broad SMARTS) is 1. The maximum atomic E-state index is 13.1. The second-order valence-electron chi connectivity index (χ2n) is 6.37. The molecule has 27 heavy (non-hydrogen) atoms. The fourth-order valence-electron chi connectivity index (χ4n) is 3.39. The maximum Gasteiger partial charge on any atom is 0.337 e. The molecule has 1 amide bonds. The zero-order valence-corrected chi connectivity index (χ0v) is 17.1. The van der Waals surface area contributed by atoms with Crippen LogP contribution in [0.25, 0.3) is 10.9 Å². The van der Waals surface area contributed by atoms with Gasteiger partial charge in [-0.3, -0.25) is 4.79 Å². The van der Waals surface area contributed by atoms with Crippen LogP contribution >= 0.6 is 15.9 Å². The van der Waals surface area contributed by atoms with Gasteiger partial charge in [-0.2, -0.15) is 0 Å². The second-order valence-corrected chi connectivity index (χ2v) is 7.29. The van der Waals surface area contributed by atoms with E-state index in [-0.39, 0.29) is 17.2 Å². The van der Waals surface area contributed by atoms with E-state index in [2.05, 4.69) is 40.3 Å². The highest BCUT2D eigenvalue weighted by molar-refractivity contribution is 9.10. The molecule has 0 aliphatic carbocycles. The van der Waals surface area contributed by atoms with Crippen LogP contribution in [0.15, 0.2) is 40.9 Å². The van der Waals surface area contributed by atoms with Crippen molar-refractivity contribution >= 4 is 44.4 Å². The Morgan fingerprint density at radius 1 is 1.15 bits per heavy atom. The summed E-state index contributed by atoms with van der Waals surface area (Å²) in [6.45, 7) is 6.67. The van der Waals surface area contributed by atoms with Crippen LogP contribution in [0.5, 0.6) is 0 Å². The number of nitrogens with zero attached hydrogens (tertiary/aromatic N) is 1. The molecule has 5 nitrogen and oxygen atoms in total. The first-order valence-electron chi connectivity index (χ1n) is 8.83. The Labute approximate surface area is 166 Å². The molecule has 0 saturated heterocycles. The highest BCUT2D eigenvalue weighted by Crippen LogP contribution is 2.29. The third kappa shape index (κ3) is 3.49. The number of anilines is 1. The van der Waals surface area contributed by atoms with Crippen molar-refractivity contribution in [2.45, 2.75) is 33.7 Å². The first-order valence-corrected chi connectivity index (χ1v) is 9.62. The molecule has 6 heteroatoms. The van der Waals surface area contributed by atoms with E-state index in [0.29, 0.717) is 16.7 Å². The van der Waals surface area contributed by atoms with Crippen molar-refractivity contribution in [3.05, 3.63) is 63.3 Å². The lowest BCUT2D eigenvalue weighted by molar-refractivity contribution is 0.0698. The first kappa shape index (κ1) is 19.2. The molecule has 0 aliphatic rings. The number of amides is 1. The van der Waals surface area contributed by atoms with E-state index in [1.54, 1.807) is 12.1 Å². The molecule has 2 N–H and O–H groups in total. The SMILES string of the molecule is CCc1ccc2c(c1)c(C)c(C(=O)Nc1ccc(Br)cc1C(=O)O)n2CC. The molecule has 2 aromatic carbocycles. The standard InChI is InChI=1S/C21H21BrN2O3/c1-4-13-6-9-18-15(10-13)12(3)19(24(18)5-2)20(25)23-17-8-7-14(22)11-16(17)21(26)27/h6-11H,4-5H2,1-3H3,(H,23,25)(H,26,27). The minimum absolute atomic E-state index is 0.0443. The summed E-state index contributed by atoms with van der Waals surface area (Å²) in [5.41, 5.74) is 3.99. The Bertz CT molecular complexity index is 1050. The highest BCUT2D eigenvalue weighted by atomic mass is 79.9. The number of fused-ring (bicyclic) bond motifs is 1. The molecule has 0 saturated carbocycles. The lowest BCUT2D eigenvalue weighted by atomic mass is 10.1. The highest BCUT2D eigenvalue weighted by Gasteiger charge is 2.21. The first-order chi connectivity index (χ1) is 12.9. The van der Waals surface area contributed by atoms with Gasteiger partial charge in [0.1, 0.15) is 5.69 Å². The molecule has 1 aromatic heterocycles. The molecular formula is C21H21BrN2O3. The predicted octanol–water partition coefficient (Wildman–Crippen LogP) is 5.25. The van der Waals surface area contributed by atoms with Crippen LogP contribution < -0.4 is 5.32 Å². The Hall–Kier alpha value is -2.60. The topological polar surface area (TPSA) is 71.3 Å². The third-order valence-electron chi connectivity index (χ3n) is 4.78. The van der Waals surface area contributed by atoms with E-state index in [4.69, 9.17) is 0 Å². The van der Waals surface area contributed by atoms with Gasteiger partial charge in [-0.1, -0.05) is 28.9 Å². The summed E-state index contributed by atoms with van der Waals surface area (Å²) in [5.74, 6) is -1.40. The zero-order chi connectivity index (χ0) is 19.7. The van der Waals surface area contributed by atoms with Gasteiger partial charge in [0, 0.05) is 21.9 Å². The molecule has 0 atom stereocenters. The number of benzene rings is 2. The van der Waals surface area contributed by atoms with E-state index in [1.165, 1.54) is 11.6 Å². The lowest BCUT2D eigenvalue weighted by Crippen LogP contribution is -2.19. The van der Waals surface area contributed by atoms with Gasteiger partial charge in [0.15, 0.2) is 0 Å². The third-order valence-corrected chi connectivity index (χ3v) is 5.27. The van der Waals surface area contributed by atoms with E-state index in [1.807, 2.05) is 24.5 Å². The summed E-state index contributed by atoms with van der Waals surface area (Å²) < 4.78 is 2.61. The number of nitrogens with one attached hydrogen (secondary N) is 1. The average molecular weight is 429 g/mol. The van der Waals surface area contributed by atoms with E-state index < -0.39 is 5.97 Å². The van der Waals surface area contributed by atoms with Gasteiger partial charge in [0.25, 0.3) is 5.91 Å². The largest absolute Gasteiger partial charge is 0.478 e. The number of aryl methyl sites for hydroxylation is 3. The van der Waals surface area contributed by atoms with Crippen LogP contribution in [-0.4, -0.2) is 21.6 Å². The van der Waals surface area contributed by atoms with Crippen molar-refractivity contribution in [1.29, 1.82) is 0 Å². The number of carbonyl (C=O) groups is 2. The molecule has 1 heterocycles. The fraction of sp³-hybridized carbons (Fsp3) is 0.238. The minimum atomic E-state index is -1.09. The number of aromatic carboxylic acids is 1. The molecule has 0 radical (unpaired) electrons. The van der Waals surface area contributed by atoms with Crippen LogP contribution in [0.2, 0.25) is 0 Å². The summed E-state index contributed by atoms with van der Waals surface area (Å²) in [6, 6.07) is 11.0. The fourth-order valence-corrected chi connectivity index (χ4v) is 3.76. The normalized spacial score (nSPS) is 11.0. The van der Waals surface area contributed by atoms with Gasteiger partial charge in [-0.25, -0.2) is 4.79 Å². The van der Waals surface area contributed by atoms with Gasteiger partial charge >= 0.3 is 5.97 Å². The van der Waals surface area contributed by atoms with Crippen LogP contribution in [0.3, 0.4) is 0 Å². The van der Waals surface area contributed by atoms with Gasteiger partial charge in [0.05, 0.1) is 11.3 Å². The molecule has 140 valence electrons. The quantitative estimate of drug-likeness (QED) is 0.582. The van der Waals surface area contributed by atoms with Crippen LogP contribution in [0, 0.1) is 6.92 Å². The maximum absolute atomic E-state index is 13.1. The monoisotopic (exact) mass is 428 g/mol. The molecule has 0 bridgehead atoms. The summed E-state index contributed by atoms with van der Waals surface area (Å²) in [5, 5.41) is 13.3. The number of halogens is 1. The summed E-state index contributed by atoms with van der Waals surface area (Å²) >= 11 is 3.27. The molecule has 3 rings (SSSR count). The molecule has 0 aliphatic heterocycles. The smallest absolute Gasteiger partial charge is 0.337 e. The number of hydrogen-bond acceptors (Lipinski definition) is 2. The Morgan fingerprint density at radius 2 is 1.89 bits per heavy atom. The zero-order valence-electron chi connectivity index (χ0n) is 15.5. The number of carboxylic acids is 1. The number of carbonyl (C=O) groups excluding carboxylic acids is 1. The van der Waals surface area contributed by atoms with E-state index in [0.717, 1.165) is 22.9 Å². The van der Waals surface area contributed by atoms with Gasteiger partial charge < -0.3 is 15.0 Å². The summed E-state index contributed by atoms with van der Waals surface area (Å²) in [7, 11) is 0. The molecule has 3 aromatic rings. The molecule has 0 fully saturated rings. The van der Waals surface area contributed by atoms with Gasteiger partial charge in [0.2, 0.25) is 0 Å². The van der Waals surface area contributed by atoms with Crippen molar-refractivity contribution in [3.63, 3.8) is 0 Å². The van der Waals surface area contributed by atoms with E-state index in [9.17, 15) is 14.7 Å². The lowest BCUT2D eigenvalue weighted by Gasteiger charge is -2.12. The number of rotatable bonds is 5. The van der Waals surface area contributed by atoms with Crippen LogP contribution in [0.1, 0.15) is 45.8 Å². The van der Waals surface area contributed by atoms with Crippen molar-refractivity contribution in [3.8, 4) is 0 Å². The Morgan fingerprint density at radius 3 is 2.52 bits per heavy atom. The Kier molecular flexibility index (Phi) is 5.37. The number of hydrogen-bond donors (Lipinski definition) is 2. The van der Waals surface area contributed by atoms with Crippen molar-refractivity contribution in [2.75, 3.05) is 5.32 Å². The molecule has 0 spiro atoms. The summed E-state index contributed by atoms with van der Waals surface area (Å²) in [6.07, 6.45) is 0.926. The van der Waals surface area contributed by atoms with Crippen molar-refractivity contribution < 1.29 is 14.7 Å². The van der Waals surface area contributed by atoms with Gasteiger partial charge in [-0.15, -0.1) is 0 Å². The van der Waals surface area contributed by atoms with Crippen molar-refractivity contribution in [2.24, 2.45) is 0 Å². The van der Waals surface area contributed by atoms with E-state index >= 15 is 0 Å².